The second-order valence-corrected chi connectivity index (χ2v) is 2.82. The van der Waals surface area contributed by atoms with Crippen molar-refractivity contribution in [1.82, 2.24) is 0 Å². The highest BCUT2D eigenvalue weighted by molar-refractivity contribution is 5.85. The molecule has 1 atom stereocenters. The summed E-state index contributed by atoms with van der Waals surface area (Å²) in [6, 6.07) is 0. The van der Waals surface area contributed by atoms with Crippen LogP contribution in [-0.4, -0.2) is 17.2 Å². The summed E-state index contributed by atoms with van der Waals surface area (Å²) in [6.45, 7) is 1.57. The molecular formula is C10H12O3. The van der Waals surface area contributed by atoms with Gasteiger partial charge in [-0.1, -0.05) is 12.2 Å². The Bertz CT molecular complexity index is 274. The van der Waals surface area contributed by atoms with E-state index in [1.54, 1.807) is 25.3 Å². The summed E-state index contributed by atoms with van der Waals surface area (Å²) in [6.07, 6.45) is 9.41. The third-order valence-corrected chi connectivity index (χ3v) is 1.76. The average Bonchev–Trinajstić information content (AvgIpc) is 2.15. The molecule has 0 fully saturated rings. The van der Waals surface area contributed by atoms with Crippen molar-refractivity contribution < 1.29 is 14.6 Å². The minimum atomic E-state index is -0.879. The predicted molar refractivity (Wildman–Crippen MR) is 49.2 cm³/mol. The lowest BCUT2D eigenvalue weighted by Gasteiger charge is -2.12. The maximum atomic E-state index is 10.4. The molecule has 70 valence electrons. The van der Waals surface area contributed by atoms with E-state index in [0.29, 0.717) is 12.0 Å². The Morgan fingerprint density at radius 2 is 2.38 bits per heavy atom. The summed E-state index contributed by atoms with van der Waals surface area (Å²) in [7, 11) is 0. The van der Waals surface area contributed by atoms with Crippen LogP contribution in [0.3, 0.4) is 0 Å². The largest absolute Gasteiger partial charge is 0.494 e. The van der Waals surface area contributed by atoms with Gasteiger partial charge in [-0.05, 0) is 19.1 Å². The third-order valence-electron chi connectivity index (χ3n) is 1.76. The van der Waals surface area contributed by atoms with Crippen molar-refractivity contribution in [1.29, 1.82) is 0 Å². The van der Waals surface area contributed by atoms with Gasteiger partial charge in [0, 0.05) is 12.0 Å². The molecule has 0 spiro atoms. The number of hydrogen-bond donors (Lipinski definition) is 1. The Kier molecular flexibility index (Phi) is 3.31. The van der Waals surface area contributed by atoms with Crippen molar-refractivity contribution in [3.8, 4) is 0 Å². The fourth-order valence-corrected chi connectivity index (χ4v) is 0.939. The van der Waals surface area contributed by atoms with Crippen LogP contribution in [0.2, 0.25) is 0 Å². The number of ether oxygens (including phenoxy) is 1. The second kappa shape index (κ2) is 4.50. The normalized spacial score (nSPS) is 21.3. The van der Waals surface area contributed by atoms with E-state index >= 15 is 0 Å². The number of carboxylic acid groups (broad SMARTS) is 1. The van der Waals surface area contributed by atoms with Gasteiger partial charge in [-0.25, -0.2) is 4.79 Å². The second-order valence-electron chi connectivity index (χ2n) is 2.82. The highest BCUT2D eigenvalue weighted by atomic mass is 16.5. The van der Waals surface area contributed by atoms with Gasteiger partial charge in [0.1, 0.15) is 6.10 Å². The molecule has 0 bridgehead atoms. The minimum absolute atomic E-state index is 0.0284. The van der Waals surface area contributed by atoms with Gasteiger partial charge in [-0.2, -0.15) is 0 Å². The molecule has 1 unspecified atom stereocenters. The number of carboxylic acids is 1. The maximum absolute atomic E-state index is 10.4. The standard InChI is InChI=1S/C10H12O3/c1-8(10(11)12)5-6-9-4-2-3-7-13-9/h2-5,7,9H,6H2,1H3,(H,11,12). The first kappa shape index (κ1) is 9.58. The molecule has 0 amide bonds. The van der Waals surface area contributed by atoms with Crippen molar-refractivity contribution in [3.63, 3.8) is 0 Å². The predicted octanol–water partition coefficient (Wildman–Crippen LogP) is 1.88. The Morgan fingerprint density at radius 1 is 1.62 bits per heavy atom. The molecule has 1 aliphatic heterocycles. The summed E-state index contributed by atoms with van der Waals surface area (Å²) in [5.41, 5.74) is 0.353. The molecule has 0 aromatic heterocycles. The van der Waals surface area contributed by atoms with Crippen LogP contribution < -0.4 is 0 Å². The molecule has 3 nitrogen and oxygen atoms in total. The monoisotopic (exact) mass is 180 g/mol. The van der Waals surface area contributed by atoms with Crippen LogP contribution in [0.15, 0.2) is 36.1 Å². The Hall–Kier alpha value is -1.51. The highest BCUT2D eigenvalue weighted by Crippen LogP contribution is 2.08. The fraction of sp³-hybridized carbons (Fsp3) is 0.300. The van der Waals surface area contributed by atoms with E-state index in [9.17, 15) is 4.79 Å². The zero-order chi connectivity index (χ0) is 9.68. The summed E-state index contributed by atoms with van der Waals surface area (Å²) >= 11 is 0. The number of carbonyl (C=O) groups is 1. The SMILES string of the molecule is CC(=CCC1C=CC=CO1)C(=O)O. The zero-order valence-electron chi connectivity index (χ0n) is 7.43. The number of rotatable bonds is 3. The van der Waals surface area contributed by atoms with Crippen LogP contribution in [-0.2, 0) is 9.53 Å². The van der Waals surface area contributed by atoms with Crippen LogP contribution in [0, 0.1) is 0 Å². The van der Waals surface area contributed by atoms with Crippen molar-refractivity contribution in [3.05, 3.63) is 36.1 Å². The van der Waals surface area contributed by atoms with E-state index in [0.717, 1.165) is 0 Å². The minimum Gasteiger partial charge on any atom is -0.494 e. The van der Waals surface area contributed by atoms with E-state index in [2.05, 4.69) is 0 Å². The van der Waals surface area contributed by atoms with Crippen LogP contribution in [0.25, 0.3) is 0 Å². The van der Waals surface area contributed by atoms with Gasteiger partial charge in [-0.15, -0.1) is 0 Å². The molecule has 1 N–H and O–H groups in total. The Morgan fingerprint density at radius 3 is 2.92 bits per heavy atom. The van der Waals surface area contributed by atoms with Gasteiger partial charge in [0.05, 0.1) is 6.26 Å². The summed E-state index contributed by atoms with van der Waals surface area (Å²) in [5.74, 6) is -0.879. The summed E-state index contributed by atoms with van der Waals surface area (Å²) < 4.78 is 5.20. The molecule has 1 heterocycles. The molecule has 1 rings (SSSR count). The van der Waals surface area contributed by atoms with E-state index in [1.165, 1.54) is 0 Å². The average molecular weight is 180 g/mol. The fourth-order valence-electron chi connectivity index (χ4n) is 0.939. The van der Waals surface area contributed by atoms with Crippen molar-refractivity contribution >= 4 is 5.97 Å². The van der Waals surface area contributed by atoms with Gasteiger partial charge < -0.3 is 9.84 Å². The number of aliphatic carboxylic acids is 1. The smallest absolute Gasteiger partial charge is 0.330 e. The quantitative estimate of drug-likeness (QED) is 0.674. The molecule has 13 heavy (non-hydrogen) atoms. The number of allylic oxidation sites excluding steroid dienone is 2. The van der Waals surface area contributed by atoms with Crippen molar-refractivity contribution in [2.45, 2.75) is 19.4 Å². The molecular weight excluding hydrogens is 168 g/mol. The molecule has 0 radical (unpaired) electrons. The molecule has 3 heteroatoms. The highest BCUT2D eigenvalue weighted by Gasteiger charge is 2.05. The topological polar surface area (TPSA) is 46.5 Å². The summed E-state index contributed by atoms with van der Waals surface area (Å²) in [5, 5.41) is 8.57. The Balaban J connectivity index is 2.42. The van der Waals surface area contributed by atoms with Crippen LogP contribution in [0.4, 0.5) is 0 Å². The first-order valence-electron chi connectivity index (χ1n) is 4.09. The van der Waals surface area contributed by atoms with Crippen LogP contribution >= 0.6 is 0 Å². The first-order valence-corrected chi connectivity index (χ1v) is 4.09. The molecule has 0 aliphatic carbocycles. The van der Waals surface area contributed by atoms with Crippen molar-refractivity contribution in [2.75, 3.05) is 0 Å². The van der Waals surface area contributed by atoms with Gasteiger partial charge in [0.25, 0.3) is 0 Å². The third kappa shape index (κ3) is 3.15. The van der Waals surface area contributed by atoms with Crippen molar-refractivity contribution in [2.24, 2.45) is 0 Å². The van der Waals surface area contributed by atoms with Gasteiger partial charge in [-0.3, -0.25) is 0 Å². The number of hydrogen-bond acceptors (Lipinski definition) is 2. The molecule has 0 aromatic carbocycles. The van der Waals surface area contributed by atoms with E-state index < -0.39 is 5.97 Å². The molecule has 0 saturated carbocycles. The molecule has 1 aliphatic rings. The van der Waals surface area contributed by atoms with E-state index in [1.807, 2.05) is 12.2 Å². The van der Waals surface area contributed by atoms with Crippen LogP contribution in [0.5, 0.6) is 0 Å². The van der Waals surface area contributed by atoms with Crippen LogP contribution in [0.1, 0.15) is 13.3 Å². The van der Waals surface area contributed by atoms with Gasteiger partial charge in [0.15, 0.2) is 0 Å². The van der Waals surface area contributed by atoms with E-state index in [-0.39, 0.29) is 6.10 Å². The van der Waals surface area contributed by atoms with Gasteiger partial charge >= 0.3 is 5.97 Å². The lowest BCUT2D eigenvalue weighted by molar-refractivity contribution is -0.132. The lowest BCUT2D eigenvalue weighted by atomic mass is 10.1. The first-order chi connectivity index (χ1) is 6.20. The van der Waals surface area contributed by atoms with E-state index in [4.69, 9.17) is 9.84 Å². The van der Waals surface area contributed by atoms with Gasteiger partial charge in [0.2, 0.25) is 0 Å². The molecule has 0 saturated heterocycles. The Labute approximate surface area is 77.0 Å². The summed E-state index contributed by atoms with van der Waals surface area (Å²) in [4.78, 5) is 10.4. The lowest BCUT2D eigenvalue weighted by Crippen LogP contribution is -2.07. The molecule has 0 aromatic rings. The maximum Gasteiger partial charge on any atom is 0.330 e. The zero-order valence-corrected chi connectivity index (χ0v) is 7.43.